The first kappa shape index (κ1) is 14.4. The average Bonchev–Trinajstić information content (AvgIpc) is 2.63. The van der Waals surface area contributed by atoms with Crippen LogP contribution in [0.2, 0.25) is 0 Å². The van der Waals surface area contributed by atoms with Gasteiger partial charge < -0.3 is 5.11 Å². The molecule has 0 radical (unpaired) electrons. The molecule has 0 saturated carbocycles. The number of carboxylic acids is 1. The molecule has 6 nitrogen and oxygen atoms in total. The normalized spacial score (nSPS) is 22.2. The lowest BCUT2D eigenvalue weighted by Crippen LogP contribution is -2.42. The molecule has 0 amide bonds. The summed E-state index contributed by atoms with van der Waals surface area (Å²) < 4.78 is 24.5. The highest BCUT2D eigenvalue weighted by molar-refractivity contribution is 7.89. The summed E-state index contributed by atoms with van der Waals surface area (Å²) in [6.45, 7) is 4.32. The fourth-order valence-corrected chi connectivity index (χ4v) is 3.13. The summed E-state index contributed by atoms with van der Waals surface area (Å²) in [5, 5.41) is 8.54. The summed E-state index contributed by atoms with van der Waals surface area (Å²) in [5.74, 6) is -2.14. The Bertz CT molecular complexity index is 369. The van der Waals surface area contributed by atoms with E-state index >= 15 is 0 Å². The van der Waals surface area contributed by atoms with Crippen molar-refractivity contribution in [3.63, 3.8) is 0 Å². The average molecular weight is 264 g/mol. The summed E-state index contributed by atoms with van der Waals surface area (Å²) in [5.41, 5.74) is 0. The maximum absolute atomic E-state index is 11.7. The van der Waals surface area contributed by atoms with Crippen molar-refractivity contribution in [2.24, 2.45) is 0 Å². The SMILES string of the molecule is CCN1CCCC1CN(C)S(=O)(=O)CC(=O)O. The third-order valence-electron chi connectivity index (χ3n) is 3.15. The lowest BCUT2D eigenvalue weighted by molar-refractivity contribution is -0.134. The Hall–Kier alpha value is -0.660. The van der Waals surface area contributed by atoms with Gasteiger partial charge >= 0.3 is 5.97 Å². The zero-order chi connectivity index (χ0) is 13.1. The Kier molecular flexibility index (Phi) is 4.91. The molecule has 17 heavy (non-hydrogen) atoms. The topological polar surface area (TPSA) is 77.9 Å². The predicted octanol–water partition coefficient (Wildman–Crippen LogP) is -0.183. The zero-order valence-corrected chi connectivity index (χ0v) is 11.1. The van der Waals surface area contributed by atoms with E-state index in [-0.39, 0.29) is 6.04 Å². The Balaban J connectivity index is 2.59. The van der Waals surface area contributed by atoms with Crippen LogP contribution >= 0.6 is 0 Å². The molecule has 0 bridgehead atoms. The van der Waals surface area contributed by atoms with Crippen LogP contribution in [0, 0.1) is 0 Å². The Morgan fingerprint density at radius 1 is 1.53 bits per heavy atom. The molecule has 7 heteroatoms. The standard InChI is InChI=1S/C10H20N2O4S/c1-3-12-6-4-5-9(12)7-11(2)17(15,16)8-10(13)14/h9H,3-8H2,1-2H3,(H,13,14). The van der Waals surface area contributed by atoms with Crippen molar-refractivity contribution >= 4 is 16.0 Å². The van der Waals surface area contributed by atoms with Crippen molar-refractivity contribution in [1.82, 2.24) is 9.21 Å². The molecule has 1 rings (SSSR count). The second-order valence-corrected chi connectivity index (χ2v) is 6.43. The van der Waals surface area contributed by atoms with E-state index in [9.17, 15) is 13.2 Å². The Labute approximate surface area is 102 Å². The van der Waals surface area contributed by atoms with Crippen molar-refractivity contribution in [1.29, 1.82) is 0 Å². The molecule has 0 aromatic heterocycles. The highest BCUT2D eigenvalue weighted by Gasteiger charge is 2.29. The van der Waals surface area contributed by atoms with Gasteiger partial charge in [-0.05, 0) is 25.9 Å². The molecule has 1 heterocycles. The van der Waals surface area contributed by atoms with E-state index in [0.717, 1.165) is 25.9 Å². The summed E-state index contributed by atoms with van der Waals surface area (Å²) >= 11 is 0. The van der Waals surface area contributed by atoms with Gasteiger partial charge in [-0.15, -0.1) is 0 Å². The second kappa shape index (κ2) is 5.79. The third-order valence-corrected chi connectivity index (χ3v) is 4.86. The minimum atomic E-state index is -3.67. The molecule has 1 aliphatic rings. The van der Waals surface area contributed by atoms with Crippen LogP contribution in [-0.2, 0) is 14.8 Å². The maximum Gasteiger partial charge on any atom is 0.320 e. The maximum atomic E-state index is 11.7. The van der Waals surface area contributed by atoms with Crippen LogP contribution in [0.5, 0.6) is 0 Å². The summed E-state index contributed by atoms with van der Waals surface area (Å²) in [4.78, 5) is 12.7. The van der Waals surface area contributed by atoms with E-state index in [1.807, 2.05) is 6.92 Å². The molecule has 1 unspecified atom stereocenters. The van der Waals surface area contributed by atoms with Crippen molar-refractivity contribution < 1.29 is 18.3 Å². The molecule has 1 atom stereocenters. The molecule has 1 N–H and O–H groups in total. The van der Waals surface area contributed by atoms with Crippen molar-refractivity contribution in [3.8, 4) is 0 Å². The molecule has 0 spiro atoms. The third kappa shape index (κ3) is 3.93. The number of hydrogen-bond donors (Lipinski definition) is 1. The highest BCUT2D eigenvalue weighted by Crippen LogP contribution is 2.18. The van der Waals surface area contributed by atoms with Gasteiger partial charge in [0.25, 0.3) is 0 Å². The fraction of sp³-hybridized carbons (Fsp3) is 0.900. The number of aliphatic carboxylic acids is 1. The minimum absolute atomic E-state index is 0.216. The van der Waals surface area contributed by atoms with Gasteiger partial charge in [0.2, 0.25) is 10.0 Å². The van der Waals surface area contributed by atoms with E-state index in [1.54, 1.807) is 0 Å². The van der Waals surface area contributed by atoms with Gasteiger partial charge in [-0.2, -0.15) is 0 Å². The van der Waals surface area contributed by atoms with Gasteiger partial charge in [-0.25, -0.2) is 12.7 Å². The van der Waals surface area contributed by atoms with Crippen molar-refractivity contribution in [2.75, 3.05) is 32.4 Å². The number of sulfonamides is 1. The predicted molar refractivity (Wildman–Crippen MR) is 64.3 cm³/mol. The van der Waals surface area contributed by atoms with Crippen LogP contribution in [-0.4, -0.2) is 67.2 Å². The van der Waals surface area contributed by atoms with Crippen LogP contribution in [0.1, 0.15) is 19.8 Å². The van der Waals surface area contributed by atoms with Crippen LogP contribution in [0.15, 0.2) is 0 Å². The minimum Gasteiger partial charge on any atom is -0.480 e. The number of hydrogen-bond acceptors (Lipinski definition) is 4. The van der Waals surface area contributed by atoms with Crippen LogP contribution in [0.3, 0.4) is 0 Å². The van der Waals surface area contributed by atoms with E-state index in [0.29, 0.717) is 6.54 Å². The summed E-state index contributed by atoms with van der Waals surface area (Å²) in [7, 11) is -2.22. The summed E-state index contributed by atoms with van der Waals surface area (Å²) in [6.07, 6.45) is 2.05. The number of likely N-dealkylation sites (tertiary alicyclic amines) is 1. The number of likely N-dealkylation sites (N-methyl/N-ethyl adjacent to an activating group) is 2. The molecule has 1 fully saturated rings. The van der Waals surface area contributed by atoms with Gasteiger partial charge in [0, 0.05) is 19.6 Å². The molecule has 0 aromatic rings. The van der Waals surface area contributed by atoms with Gasteiger partial charge in [-0.1, -0.05) is 6.92 Å². The largest absolute Gasteiger partial charge is 0.480 e. The number of rotatable bonds is 6. The number of nitrogens with zero attached hydrogens (tertiary/aromatic N) is 2. The quantitative estimate of drug-likeness (QED) is 0.720. The number of carboxylic acid groups (broad SMARTS) is 1. The molecular formula is C10H20N2O4S. The van der Waals surface area contributed by atoms with Crippen LogP contribution in [0.25, 0.3) is 0 Å². The highest BCUT2D eigenvalue weighted by atomic mass is 32.2. The lowest BCUT2D eigenvalue weighted by Gasteiger charge is -2.26. The van der Waals surface area contributed by atoms with Gasteiger partial charge in [0.1, 0.15) is 0 Å². The van der Waals surface area contributed by atoms with Crippen LogP contribution in [0.4, 0.5) is 0 Å². The Morgan fingerprint density at radius 3 is 2.71 bits per heavy atom. The van der Waals surface area contributed by atoms with E-state index in [2.05, 4.69) is 4.90 Å². The Morgan fingerprint density at radius 2 is 2.18 bits per heavy atom. The fourth-order valence-electron chi connectivity index (χ4n) is 2.19. The molecular weight excluding hydrogens is 244 g/mol. The molecule has 0 aromatic carbocycles. The van der Waals surface area contributed by atoms with Crippen LogP contribution < -0.4 is 0 Å². The van der Waals surface area contributed by atoms with Crippen molar-refractivity contribution in [3.05, 3.63) is 0 Å². The van der Waals surface area contributed by atoms with Crippen molar-refractivity contribution in [2.45, 2.75) is 25.8 Å². The van der Waals surface area contributed by atoms with E-state index in [4.69, 9.17) is 5.11 Å². The van der Waals surface area contributed by atoms with E-state index < -0.39 is 21.7 Å². The van der Waals surface area contributed by atoms with E-state index in [1.165, 1.54) is 11.4 Å². The second-order valence-electron chi connectivity index (χ2n) is 4.36. The monoisotopic (exact) mass is 264 g/mol. The van der Waals surface area contributed by atoms with Gasteiger partial charge in [-0.3, -0.25) is 9.69 Å². The first-order valence-corrected chi connectivity index (χ1v) is 7.37. The summed E-state index contributed by atoms with van der Waals surface area (Å²) in [6, 6.07) is 0.216. The smallest absolute Gasteiger partial charge is 0.320 e. The molecule has 0 aliphatic carbocycles. The first-order valence-electron chi connectivity index (χ1n) is 5.76. The first-order chi connectivity index (χ1) is 7.86. The van der Waals surface area contributed by atoms with Gasteiger partial charge in [0.15, 0.2) is 5.75 Å². The lowest BCUT2D eigenvalue weighted by atomic mass is 10.2. The number of carbonyl (C=O) groups is 1. The zero-order valence-electron chi connectivity index (χ0n) is 10.3. The molecule has 1 saturated heterocycles. The van der Waals surface area contributed by atoms with Gasteiger partial charge in [0.05, 0.1) is 0 Å². The molecule has 1 aliphatic heterocycles. The molecule has 100 valence electrons.